The molecule has 0 atom stereocenters. The van der Waals surface area contributed by atoms with Crippen molar-refractivity contribution in [2.24, 2.45) is 0 Å². The Hall–Kier alpha value is -1.27. The van der Waals surface area contributed by atoms with Gasteiger partial charge in [0.25, 0.3) is 0 Å². The van der Waals surface area contributed by atoms with Gasteiger partial charge >= 0.3 is 7.12 Å². The van der Waals surface area contributed by atoms with Crippen molar-refractivity contribution in [2.45, 2.75) is 45.8 Å². The van der Waals surface area contributed by atoms with Gasteiger partial charge in [-0.1, -0.05) is 0 Å². The molecule has 0 bridgehead atoms. The summed E-state index contributed by atoms with van der Waals surface area (Å²) in [5.74, 6) is -0.817. The molecule has 1 fully saturated rings. The molecule has 0 aliphatic carbocycles. The Balaban J connectivity index is 2.37. The van der Waals surface area contributed by atoms with E-state index >= 15 is 0 Å². The molecule has 0 N–H and O–H groups in total. The van der Waals surface area contributed by atoms with Gasteiger partial charge in [-0.2, -0.15) is 0 Å². The van der Waals surface area contributed by atoms with Gasteiger partial charge in [0.05, 0.1) is 16.8 Å². The fourth-order valence-corrected chi connectivity index (χ4v) is 1.78. The number of nitrogens with zero attached hydrogens (tertiary/aromatic N) is 1. The molecule has 19 heavy (non-hydrogen) atoms. The molecule has 0 saturated carbocycles. The minimum absolute atomic E-state index is 0.0738. The van der Waals surface area contributed by atoms with Crippen LogP contribution in [0.25, 0.3) is 0 Å². The Morgan fingerprint density at radius 3 is 2.21 bits per heavy atom. The van der Waals surface area contributed by atoms with E-state index in [-0.39, 0.29) is 17.1 Å². The summed E-state index contributed by atoms with van der Waals surface area (Å²) < 4.78 is 25.1. The zero-order valence-corrected chi connectivity index (χ0v) is 11.8. The smallest absolute Gasteiger partial charge is 0.398 e. The second-order valence-corrected chi connectivity index (χ2v) is 5.74. The molecule has 1 aliphatic heterocycles. The van der Waals surface area contributed by atoms with Gasteiger partial charge in [-0.25, -0.2) is 4.39 Å². The van der Waals surface area contributed by atoms with E-state index in [1.54, 1.807) is 0 Å². The Labute approximate surface area is 112 Å². The van der Waals surface area contributed by atoms with Crippen LogP contribution in [0.5, 0.6) is 0 Å². The lowest BCUT2D eigenvalue weighted by Gasteiger charge is -2.32. The van der Waals surface area contributed by atoms with Crippen molar-refractivity contribution in [2.75, 3.05) is 0 Å². The quantitative estimate of drug-likeness (QED) is 0.603. The maximum absolute atomic E-state index is 13.5. The van der Waals surface area contributed by atoms with Gasteiger partial charge in [-0.15, -0.1) is 0 Å². The van der Waals surface area contributed by atoms with Crippen LogP contribution in [0.1, 0.15) is 45.1 Å². The van der Waals surface area contributed by atoms with Crippen LogP contribution in [-0.4, -0.2) is 29.1 Å². The molecule has 2 heterocycles. The molecule has 1 aromatic heterocycles. The van der Waals surface area contributed by atoms with Gasteiger partial charge in [0.2, 0.25) is 0 Å². The van der Waals surface area contributed by atoms with E-state index in [1.165, 1.54) is 13.0 Å². The molecule has 0 radical (unpaired) electrons. The Kier molecular flexibility index (Phi) is 3.27. The van der Waals surface area contributed by atoms with Gasteiger partial charge in [0.15, 0.2) is 5.78 Å². The third-order valence-electron chi connectivity index (χ3n) is 3.67. The van der Waals surface area contributed by atoms with E-state index in [0.29, 0.717) is 0 Å². The van der Waals surface area contributed by atoms with Crippen LogP contribution in [0, 0.1) is 5.82 Å². The maximum Gasteiger partial charge on any atom is 0.514 e. The Morgan fingerprint density at radius 2 is 1.74 bits per heavy atom. The lowest BCUT2D eigenvalue weighted by molar-refractivity contribution is 0.00578. The van der Waals surface area contributed by atoms with Crippen LogP contribution in [-0.2, 0) is 9.31 Å². The molecule has 0 unspecified atom stereocenters. The van der Waals surface area contributed by atoms with Crippen LogP contribution < -0.4 is 5.59 Å². The van der Waals surface area contributed by atoms with E-state index in [1.807, 2.05) is 27.7 Å². The van der Waals surface area contributed by atoms with Crippen molar-refractivity contribution in [3.05, 3.63) is 23.6 Å². The monoisotopic (exact) mass is 265 g/mol. The standard InChI is InChI=1S/C13H17BFNO3/c1-8(17)10-6-9(15)7-11(16-10)14-18-12(2,3)13(4,5)19-14/h6-7H,1-5H3. The third kappa shape index (κ3) is 2.55. The highest BCUT2D eigenvalue weighted by Gasteiger charge is 2.52. The minimum Gasteiger partial charge on any atom is -0.398 e. The number of rotatable bonds is 2. The first-order chi connectivity index (χ1) is 8.62. The maximum atomic E-state index is 13.5. The first kappa shape index (κ1) is 14.2. The number of aromatic nitrogens is 1. The molecule has 0 aromatic carbocycles. The van der Waals surface area contributed by atoms with E-state index in [9.17, 15) is 9.18 Å². The van der Waals surface area contributed by atoms with Crippen molar-refractivity contribution in [1.29, 1.82) is 0 Å². The SMILES string of the molecule is CC(=O)c1cc(F)cc(B2OC(C)(C)C(C)(C)O2)n1. The number of Topliss-reactive ketones (excluding diaryl/α,β-unsaturated/α-hetero) is 1. The number of hydrogen-bond acceptors (Lipinski definition) is 4. The van der Waals surface area contributed by atoms with E-state index in [4.69, 9.17) is 9.31 Å². The second kappa shape index (κ2) is 4.39. The third-order valence-corrected chi connectivity index (χ3v) is 3.67. The minimum atomic E-state index is -0.765. The van der Waals surface area contributed by atoms with Crippen molar-refractivity contribution >= 4 is 18.5 Å². The van der Waals surface area contributed by atoms with Crippen molar-refractivity contribution in [1.82, 2.24) is 4.98 Å². The number of carbonyl (C=O) groups is 1. The van der Waals surface area contributed by atoms with Crippen molar-refractivity contribution < 1.29 is 18.5 Å². The first-order valence-corrected chi connectivity index (χ1v) is 6.16. The number of carbonyl (C=O) groups excluding carboxylic acids is 1. The zero-order valence-electron chi connectivity index (χ0n) is 11.8. The highest BCUT2D eigenvalue weighted by Crippen LogP contribution is 2.36. The van der Waals surface area contributed by atoms with Gasteiger partial charge in [0.1, 0.15) is 11.5 Å². The molecule has 102 valence electrons. The largest absolute Gasteiger partial charge is 0.514 e. The highest BCUT2D eigenvalue weighted by atomic mass is 19.1. The predicted octanol–water partition coefficient (Wildman–Crippen LogP) is 1.72. The fraction of sp³-hybridized carbons (Fsp3) is 0.538. The Bertz CT molecular complexity index is 515. The number of pyridine rings is 1. The predicted molar refractivity (Wildman–Crippen MR) is 69.9 cm³/mol. The lowest BCUT2D eigenvalue weighted by Crippen LogP contribution is -2.41. The topological polar surface area (TPSA) is 48.4 Å². The number of hydrogen-bond donors (Lipinski definition) is 0. The molecule has 0 spiro atoms. The van der Waals surface area contributed by atoms with Crippen LogP contribution in [0.15, 0.2) is 12.1 Å². The molecular weight excluding hydrogens is 248 g/mol. The van der Waals surface area contributed by atoms with Crippen LogP contribution in [0.3, 0.4) is 0 Å². The molecule has 6 heteroatoms. The van der Waals surface area contributed by atoms with Gasteiger partial charge in [-0.05, 0) is 33.8 Å². The van der Waals surface area contributed by atoms with Gasteiger partial charge in [-0.3, -0.25) is 9.78 Å². The summed E-state index contributed by atoms with van der Waals surface area (Å²) in [4.78, 5) is 15.4. The van der Waals surface area contributed by atoms with Crippen LogP contribution in [0.2, 0.25) is 0 Å². The molecule has 1 aromatic rings. The van der Waals surface area contributed by atoms with E-state index < -0.39 is 24.1 Å². The van der Waals surface area contributed by atoms with Crippen molar-refractivity contribution in [3.63, 3.8) is 0 Å². The summed E-state index contributed by atoms with van der Waals surface area (Å²) in [5.41, 5.74) is -0.696. The number of halogens is 1. The second-order valence-electron chi connectivity index (χ2n) is 5.74. The normalized spacial score (nSPS) is 20.6. The average Bonchev–Trinajstić information content (AvgIpc) is 2.47. The lowest BCUT2D eigenvalue weighted by atomic mass is 9.84. The number of ketones is 1. The van der Waals surface area contributed by atoms with Crippen molar-refractivity contribution in [3.8, 4) is 0 Å². The van der Waals surface area contributed by atoms with Crippen LogP contribution in [0.4, 0.5) is 4.39 Å². The van der Waals surface area contributed by atoms with Crippen LogP contribution >= 0.6 is 0 Å². The first-order valence-electron chi connectivity index (χ1n) is 6.16. The summed E-state index contributed by atoms with van der Waals surface area (Å²) in [6.45, 7) is 8.95. The Morgan fingerprint density at radius 1 is 1.21 bits per heavy atom. The average molecular weight is 265 g/mol. The molecule has 1 saturated heterocycles. The summed E-state index contributed by atoms with van der Waals surface area (Å²) >= 11 is 0. The molecule has 2 rings (SSSR count). The molecule has 0 amide bonds. The summed E-state index contributed by atoms with van der Waals surface area (Å²) in [6, 6.07) is 2.34. The summed E-state index contributed by atoms with van der Waals surface area (Å²) in [6.07, 6.45) is 0. The molecular formula is C13H17BFNO3. The van der Waals surface area contributed by atoms with Gasteiger partial charge in [0, 0.05) is 13.0 Å². The zero-order chi connectivity index (χ0) is 14.4. The summed E-state index contributed by atoms with van der Waals surface area (Å²) in [7, 11) is -0.765. The molecule has 4 nitrogen and oxygen atoms in total. The molecule has 1 aliphatic rings. The fourth-order valence-electron chi connectivity index (χ4n) is 1.78. The summed E-state index contributed by atoms with van der Waals surface area (Å²) in [5, 5.41) is 0. The van der Waals surface area contributed by atoms with Gasteiger partial charge < -0.3 is 9.31 Å². The highest BCUT2D eigenvalue weighted by molar-refractivity contribution is 6.61. The van der Waals surface area contributed by atoms with E-state index in [2.05, 4.69) is 4.98 Å². The van der Waals surface area contributed by atoms with E-state index in [0.717, 1.165) is 6.07 Å².